The number of nitrogens with zero attached hydrogens (tertiary/aromatic N) is 2. The van der Waals surface area contributed by atoms with Crippen LogP contribution in [-0.2, 0) is 11.3 Å². The SMILES string of the molecule is Cc1nn(C[C@H](C)C(=O)NC2CCCC2)c(C)c1Cl. The van der Waals surface area contributed by atoms with Gasteiger partial charge in [0.25, 0.3) is 0 Å². The molecule has 0 saturated heterocycles. The minimum atomic E-state index is -0.0883. The molecule has 1 atom stereocenters. The van der Waals surface area contributed by atoms with Gasteiger partial charge in [-0.05, 0) is 26.7 Å². The Morgan fingerprint density at radius 2 is 2.11 bits per heavy atom. The van der Waals surface area contributed by atoms with Gasteiger partial charge in [0.2, 0.25) is 5.91 Å². The summed E-state index contributed by atoms with van der Waals surface area (Å²) in [5.74, 6) is 0.0326. The Hall–Kier alpha value is -1.03. The first-order valence-electron chi connectivity index (χ1n) is 6.99. The highest BCUT2D eigenvalue weighted by molar-refractivity contribution is 6.31. The third kappa shape index (κ3) is 3.30. The van der Waals surface area contributed by atoms with E-state index in [2.05, 4.69) is 10.4 Å². The van der Waals surface area contributed by atoms with Crippen molar-refractivity contribution in [2.45, 2.75) is 59.0 Å². The topological polar surface area (TPSA) is 46.9 Å². The number of carbonyl (C=O) groups excluding carboxylic acids is 1. The summed E-state index contributed by atoms with van der Waals surface area (Å²) in [4.78, 5) is 12.1. The lowest BCUT2D eigenvalue weighted by atomic mass is 10.1. The van der Waals surface area contributed by atoms with Gasteiger partial charge in [0.05, 0.1) is 28.9 Å². The molecule has 1 aliphatic rings. The minimum absolute atomic E-state index is 0.0883. The number of halogens is 1. The molecule has 1 saturated carbocycles. The van der Waals surface area contributed by atoms with Crippen molar-refractivity contribution in [2.24, 2.45) is 5.92 Å². The van der Waals surface area contributed by atoms with Gasteiger partial charge in [-0.2, -0.15) is 5.10 Å². The van der Waals surface area contributed by atoms with Crippen LogP contribution in [-0.4, -0.2) is 21.7 Å². The smallest absolute Gasteiger partial charge is 0.224 e. The highest BCUT2D eigenvalue weighted by Crippen LogP contribution is 2.21. The fourth-order valence-electron chi connectivity index (χ4n) is 2.61. The molecule has 1 aliphatic carbocycles. The predicted octanol–water partition coefficient (Wildman–Crippen LogP) is 2.85. The van der Waals surface area contributed by atoms with E-state index in [-0.39, 0.29) is 11.8 Å². The van der Waals surface area contributed by atoms with Crippen molar-refractivity contribution < 1.29 is 4.79 Å². The van der Waals surface area contributed by atoms with Crippen molar-refractivity contribution in [2.75, 3.05) is 0 Å². The van der Waals surface area contributed by atoms with Crippen molar-refractivity contribution in [3.8, 4) is 0 Å². The lowest BCUT2D eigenvalue weighted by molar-refractivity contribution is -0.125. The molecule has 0 aliphatic heterocycles. The molecule has 5 heteroatoms. The monoisotopic (exact) mass is 283 g/mol. The molecule has 19 heavy (non-hydrogen) atoms. The first-order valence-corrected chi connectivity index (χ1v) is 7.36. The van der Waals surface area contributed by atoms with E-state index in [1.54, 1.807) is 0 Å². The van der Waals surface area contributed by atoms with Crippen LogP contribution in [0.1, 0.15) is 44.0 Å². The van der Waals surface area contributed by atoms with Gasteiger partial charge in [-0.15, -0.1) is 0 Å². The Balaban J connectivity index is 1.94. The number of rotatable bonds is 4. The molecular weight excluding hydrogens is 262 g/mol. The van der Waals surface area contributed by atoms with Gasteiger partial charge in [0.1, 0.15) is 0 Å². The van der Waals surface area contributed by atoms with Crippen molar-refractivity contribution in [1.82, 2.24) is 15.1 Å². The van der Waals surface area contributed by atoms with Crippen LogP contribution >= 0.6 is 11.6 Å². The molecule has 1 heterocycles. The third-order valence-corrected chi connectivity index (χ3v) is 4.44. The first kappa shape index (κ1) is 14.4. The maximum absolute atomic E-state index is 12.1. The highest BCUT2D eigenvalue weighted by Gasteiger charge is 2.22. The number of aromatic nitrogens is 2. The van der Waals surface area contributed by atoms with Gasteiger partial charge >= 0.3 is 0 Å². The van der Waals surface area contributed by atoms with Crippen LogP contribution in [0.5, 0.6) is 0 Å². The van der Waals surface area contributed by atoms with E-state index in [1.165, 1.54) is 12.8 Å². The zero-order chi connectivity index (χ0) is 14.0. The second-order valence-electron chi connectivity index (χ2n) is 5.56. The van der Waals surface area contributed by atoms with Crippen LogP contribution in [0, 0.1) is 19.8 Å². The number of aryl methyl sites for hydroxylation is 1. The van der Waals surface area contributed by atoms with Gasteiger partial charge in [-0.25, -0.2) is 0 Å². The predicted molar refractivity (Wildman–Crippen MR) is 76.3 cm³/mol. The standard InChI is InChI=1S/C14H22ClN3O/c1-9(14(19)16-12-6-4-5-7-12)8-18-11(3)13(15)10(2)17-18/h9,12H,4-8H2,1-3H3,(H,16,19)/t9-/m0/s1. The summed E-state index contributed by atoms with van der Waals surface area (Å²) < 4.78 is 1.83. The van der Waals surface area contributed by atoms with Gasteiger partial charge in [-0.3, -0.25) is 9.48 Å². The van der Waals surface area contributed by atoms with Crippen molar-refractivity contribution in [1.29, 1.82) is 0 Å². The number of hydrogen-bond acceptors (Lipinski definition) is 2. The molecule has 1 aromatic heterocycles. The van der Waals surface area contributed by atoms with E-state index in [0.29, 0.717) is 17.6 Å². The molecule has 1 N–H and O–H groups in total. The number of amides is 1. The Morgan fingerprint density at radius 3 is 2.63 bits per heavy atom. The van der Waals surface area contributed by atoms with E-state index in [4.69, 9.17) is 11.6 Å². The highest BCUT2D eigenvalue weighted by atomic mass is 35.5. The van der Waals surface area contributed by atoms with Crippen LogP contribution in [0.15, 0.2) is 0 Å². The lowest BCUT2D eigenvalue weighted by Gasteiger charge is -2.17. The molecule has 1 fully saturated rings. The molecule has 0 bridgehead atoms. The molecule has 0 radical (unpaired) electrons. The summed E-state index contributed by atoms with van der Waals surface area (Å²) in [5.41, 5.74) is 1.75. The summed E-state index contributed by atoms with van der Waals surface area (Å²) in [7, 11) is 0. The maximum atomic E-state index is 12.1. The van der Waals surface area contributed by atoms with E-state index < -0.39 is 0 Å². The average molecular weight is 284 g/mol. The fraction of sp³-hybridized carbons (Fsp3) is 0.714. The molecule has 4 nitrogen and oxygen atoms in total. The number of nitrogens with one attached hydrogen (secondary N) is 1. The van der Waals surface area contributed by atoms with E-state index in [0.717, 1.165) is 24.2 Å². The Kier molecular flexibility index (Phi) is 4.50. The summed E-state index contributed by atoms with van der Waals surface area (Å²) in [6.45, 7) is 6.34. The first-order chi connectivity index (χ1) is 8.99. The molecule has 0 spiro atoms. The van der Waals surface area contributed by atoms with E-state index >= 15 is 0 Å². The summed E-state index contributed by atoms with van der Waals surface area (Å²) >= 11 is 6.11. The number of hydrogen-bond donors (Lipinski definition) is 1. The zero-order valence-corrected chi connectivity index (χ0v) is 12.6. The normalized spacial score (nSPS) is 17.7. The zero-order valence-electron chi connectivity index (χ0n) is 11.9. The van der Waals surface area contributed by atoms with E-state index in [1.807, 2.05) is 25.5 Å². The van der Waals surface area contributed by atoms with Crippen LogP contribution < -0.4 is 5.32 Å². The lowest BCUT2D eigenvalue weighted by Crippen LogP contribution is -2.38. The van der Waals surface area contributed by atoms with Crippen molar-refractivity contribution >= 4 is 17.5 Å². The summed E-state index contributed by atoms with van der Waals surface area (Å²) in [5, 5.41) is 8.19. The molecule has 0 aromatic carbocycles. The van der Waals surface area contributed by atoms with Crippen LogP contribution in [0.3, 0.4) is 0 Å². The Bertz CT molecular complexity index is 464. The van der Waals surface area contributed by atoms with Crippen molar-refractivity contribution in [3.63, 3.8) is 0 Å². The molecule has 1 aromatic rings. The maximum Gasteiger partial charge on any atom is 0.224 e. The van der Waals surface area contributed by atoms with Crippen LogP contribution in [0.4, 0.5) is 0 Å². The Labute approximate surface area is 119 Å². The molecule has 1 amide bonds. The molecule has 106 valence electrons. The quantitative estimate of drug-likeness (QED) is 0.924. The number of carbonyl (C=O) groups is 1. The second-order valence-corrected chi connectivity index (χ2v) is 5.94. The summed E-state index contributed by atoms with van der Waals surface area (Å²) in [6.07, 6.45) is 4.69. The van der Waals surface area contributed by atoms with Crippen LogP contribution in [0.25, 0.3) is 0 Å². The third-order valence-electron chi connectivity index (χ3n) is 3.89. The molecule has 2 rings (SSSR count). The van der Waals surface area contributed by atoms with Gasteiger partial charge in [0.15, 0.2) is 0 Å². The average Bonchev–Trinajstić information content (AvgIpc) is 2.95. The van der Waals surface area contributed by atoms with Gasteiger partial charge < -0.3 is 5.32 Å². The van der Waals surface area contributed by atoms with E-state index in [9.17, 15) is 4.79 Å². The minimum Gasteiger partial charge on any atom is -0.353 e. The molecular formula is C14H22ClN3O. The summed E-state index contributed by atoms with van der Waals surface area (Å²) in [6, 6.07) is 0.374. The van der Waals surface area contributed by atoms with Crippen molar-refractivity contribution in [3.05, 3.63) is 16.4 Å². The Morgan fingerprint density at radius 1 is 1.47 bits per heavy atom. The van der Waals surface area contributed by atoms with Gasteiger partial charge in [-0.1, -0.05) is 31.4 Å². The fourth-order valence-corrected chi connectivity index (χ4v) is 2.74. The second kappa shape index (κ2) is 5.95. The molecule has 0 unspecified atom stereocenters. The van der Waals surface area contributed by atoms with Gasteiger partial charge in [0, 0.05) is 6.04 Å². The van der Waals surface area contributed by atoms with Crippen LogP contribution in [0.2, 0.25) is 5.02 Å². The largest absolute Gasteiger partial charge is 0.353 e.